The van der Waals surface area contributed by atoms with E-state index in [1.807, 2.05) is 6.92 Å². The quantitative estimate of drug-likeness (QED) is 0.353. The number of amides is 1. The second-order valence-electron chi connectivity index (χ2n) is 2.54. The summed E-state index contributed by atoms with van der Waals surface area (Å²) in [6.07, 6.45) is 0.617. The molecule has 0 aromatic carbocycles. The average Bonchev–Trinajstić information content (AvgIpc) is 1.85. The van der Waals surface area contributed by atoms with Crippen molar-refractivity contribution in [3.63, 3.8) is 0 Å². The van der Waals surface area contributed by atoms with E-state index in [1.165, 1.54) is 0 Å². The fraction of sp³-hybridized carbons (Fsp3) is 0.571. The summed E-state index contributed by atoms with van der Waals surface area (Å²) in [4.78, 5) is 10.6. The van der Waals surface area contributed by atoms with Gasteiger partial charge in [0.2, 0.25) is 5.91 Å². The van der Waals surface area contributed by atoms with Gasteiger partial charge in [-0.1, -0.05) is 12.5 Å². The van der Waals surface area contributed by atoms with Gasteiger partial charge in [-0.3, -0.25) is 10.0 Å². The molecule has 2 N–H and O–H groups in total. The molecule has 3 heteroatoms. The molecule has 0 saturated heterocycles. The average molecular weight is 143 g/mol. The number of nitrogens with one attached hydrogen (secondary N) is 1. The van der Waals surface area contributed by atoms with Crippen LogP contribution < -0.4 is 5.48 Å². The molecule has 0 spiro atoms. The molecule has 3 nitrogen and oxygen atoms in total. The summed E-state index contributed by atoms with van der Waals surface area (Å²) in [6, 6.07) is 0. The second-order valence-corrected chi connectivity index (χ2v) is 2.54. The van der Waals surface area contributed by atoms with Crippen molar-refractivity contribution in [3.8, 4) is 0 Å². The van der Waals surface area contributed by atoms with E-state index in [9.17, 15) is 4.79 Å². The van der Waals surface area contributed by atoms with Crippen LogP contribution in [-0.2, 0) is 4.79 Å². The molecule has 0 saturated carbocycles. The van der Waals surface area contributed by atoms with Crippen molar-refractivity contribution >= 4 is 5.91 Å². The number of hydrogen-bond acceptors (Lipinski definition) is 2. The standard InChI is InChI=1S/C7H13NO2/c1-5(2)4-6(3)7(9)8-10/h6,10H,1,4H2,2-3H3,(H,8,9). The second kappa shape index (κ2) is 4.06. The fourth-order valence-electron chi connectivity index (χ4n) is 0.726. The summed E-state index contributed by atoms with van der Waals surface area (Å²) in [7, 11) is 0. The number of carbonyl (C=O) groups excluding carboxylic acids is 1. The van der Waals surface area contributed by atoms with E-state index in [-0.39, 0.29) is 11.8 Å². The van der Waals surface area contributed by atoms with Crippen LogP contribution in [0.3, 0.4) is 0 Å². The highest BCUT2D eigenvalue weighted by Crippen LogP contribution is 2.07. The Labute approximate surface area is 60.7 Å². The predicted molar refractivity (Wildman–Crippen MR) is 38.5 cm³/mol. The third kappa shape index (κ3) is 3.25. The van der Waals surface area contributed by atoms with Crippen molar-refractivity contribution in [2.45, 2.75) is 20.3 Å². The molecule has 58 valence electrons. The van der Waals surface area contributed by atoms with E-state index in [2.05, 4.69) is 6.58 Å². The molecule has 0 aromatic heterocycles. The highest BCUT2D eigenvalue weighted by molar-refractivity contribution is 5.77. The zero-order valence-electron chi connectivity index (χ0n) is 6.35. The summed E-state index contributed by atoms with van der Waals surface area (Å²) in [5, 5.41) is 8.19. The van der Waals surface area contributed by atoms with Gasteiger partial charge in [-0.05, 0) is 13.3 Å². The lowest BCUT2D eigenvalue weighted by molar-refractivity contribution is -0.132. The first-order valence-corrected chi connectivity index (χ1v) is 3.16. The zero-order chi connectivity index (χ0) is 8.15. The third-order valence-corrected chi connectivity index (χ3v) is 1.21. The first kappa shape index (κ1) is 9.17. The summed E-state index contributed by atoms with van der Waals surface area (Å²) in [6.45, 7) is 7.23. The van der Waals surface area contributed by atoms with Crippen LogP contribution in [-0.4, -0.2) is 11.1 Å². The van der Waals surface area contributed by atoms with Crippen molar-refractivity contribution in [1.82, 2.24) is 5.48 Å². The molecule has 0 aliphatic rings. The smallest absolute Gasteiger partial charge is 0.246 e. The van der Waals surface area contributed by atoms with Gasteiger partial charge in [0.15, 0.2) is 0 Å². The Morgan fingerprint density at radius 3 is 2.60 bits per heavy atom. The van der Waals surface area contributed by atoms with Crippen LogP contribution in [0.25, 0.3) is 0 Å². The van der Waals surface area contributed by atoms with E-state index in [0.717, 1.165) is 5.57 Å². The molecule has 1 unspecified atom stereocenters. The van der Waals surface area contributed by atoms with Gasteiger partial charge >= 0.3 is 0 Å². The number of carbonyl (C=O) groups is 1. The highest BCUT2D eigenvalue weighted by Gasteiger charge is 2.10. The number of hydrogen-bond donors (Lipinski definition) is 2. The molecule has 0 fully saturated rings. The Kier molecular flexibility index (Phi) is 3.72. The minimum absolute atomic E-state index is 0.192. The lowest BCUT2D eigenvalue weighted by Gasteiger charge is -2.07. The van der Waals surface area contributed by atoms with Gasteiger partial charge in [-0.15, -0.1) is 6.58 Å². The van der Waals surface area contributed by atoms with Crippen LogP contribution in [0.1, 0.15) is 20.3 Å². The molecular weight excluding hydrogens is 130 g/mol. The normalized spacial score (nSPS) is 12.3. The third-order valence-electron chi connectivity index (χ3n) is 1.21. The summed E-state index contributed by atoms with van der Waals surface area (Å²) >= 11 is 0. The van der Waals surface area contributed by atoms with E-state index < -0.39 is 0 Å². The Balaban J connectivity index is 3.72. The Hall–Kier alpha value is -0.830. The molecule has 1 amide bonds. The van der Waals surface area contributed by atoms with Gasteiger partial charge in [-0.2, -0.15) is 0 Å². The van der Waals surface area contributed by atoms with E-state index >= 15 is 0 Å². The summed E-state index contributed by atoms with van der Waals surface area (Å²) in [5.74, 6) is -0.550. The topological polar surface area (TPSA) is 49.3 Å². The van der Waals surface area contributed by atoms with Crippen molar-refractivity contribution < 1.29 is 10.0 Å². The van der Waals surface area contributed by atoms with Crippen molar-refractivity contribution in [2.75, 3.05) is 0 Å². The van der Waals surface area contributed by atoms with E-state index in [4.69, 9.17) is 5.21 Å². The Morgan fingerprint density at radius 2 is 2.30 bits per heavy atom. The van der Waals surface area contributed by atoms with Crippen molar-refractivity contribution in [3.05, 3.63) is 12.2 Å². The molecule has 0 aromatic rings. The van der Waals surface area contributed by atoms with E-state index in [0.29, 0.717) is 6.42 Å². The first-order chi connectivity index (χ1) is 4.57. The van der Waals surface area contributed by atoms with Gasteiger partial charge in [0.05, 0.1) is 0 Å². The van der Waals surface area contributed by atoms with Crippen molar-refractivity contribution in [2.24, 2.45) is 5.92 Å². The molecule has 0 bridgehead atoms. The summed E-state index contributed by atoms with van der Waals surface area (Å²) < 4.78 is 0. The van der Waals surface area contributed by atoms with Crippen LogP contribution in [0.4, 0.5) is 0 Å². The van der Waals surface area contributed by atoms with Crippen LogP contribution in [0.5, 0.6) is 0 Å². The Bertz CT molecular complexity index is 143. The predicted octanol–water partition coefficient (Wildman–Crippen LogP) is 1.09. The maximum absolute atomic E-state index is 10.6. The maximum Gasteiger partial charge on any atom is 0.246 e. The fourth-order valence-corrected chi connectivity index (χ4v) is 0.726. The van der Waals surface area contributed by atoms with Gasteiger partial charge in [-0.25, -0.2) is 5.48 Å². The van der Waals surface area contributed by atoms with Crippen LogP contribution in [0.15, 0.2) is 12.2 Å². The minimum Gasteiger partial charge on any atom is -0.289 e. The molecule has 0 aliphatic carbocycles. The van der Waals surface area contributed by atoms with Crippen LogP contribution >= 0.6 is 0 Å². The molecule has 0 aliphatic heterocycles. The molecule has 10 heavy (non-hydrogen) atoms. The zero-order valence-corrected chi connectivity index (χ0v) is 6.35. The van der Waals surface area contributed by atoms with Gasteiger partial charge in [0.1, 0.15) is 0 Å². The SMILES string of the molecule is C=C(C)CC(C)C(=O)NO. The van der Waals surface area contributed by atoms with Gasteiger partial charge in [0, 0.05) is 5.92 Å². The summed E-state index contributed by atoms with van der Waals surface area (Å²) in [5.41, 5.74) is 2.53. The first-order valence-electron chi connectivity index (χ1n) is 3.16. The highest BCUT2D eigenvalue weighted by atomic mass is 16.5. The molecule has 0 radical (unpaired) electrons. The van der Waals surface area contributed by atoms with E-state index in [1.54, 1.807) is 12.4 Å². The number of allylic oxidation sites excluding steroid dienone is 1. The van der Waals surface area contributed by atoms with Crippen molar-refractivity contribution in [1.29, 1.82) is 0 Å². The van der Waals surface area contributed by atoms with Gasteiger partial charge in [0.25, 0.3) is 0 Å². The van der Waals surface area contributed by atoms with Gasteiger partial charge < -0.3 is 0 Å². The molecule has 1 atom stereocenters. The molecular formula is C7H13NO2. The lowest BCUT2D eigenvalue weighted by Crippen LogP contribution is -2.25. The minimum atomic E-state index is -0.358. The maximum atomic E-state index is 10.6. The molecule has 0 heterocycles. The Morgan fingerprint density at radius 1 is 1.80 bits per heavy atom. The van der Waals surface area contributed by atoms with Crippen LogP contribution in [0, 0.1) is 5.92 Å². The number of hydroxylamine groups is 1. The number of rotatable bonds is 3. The largest absolute Gasteiger partial charge is 0.289 e. The lowest BCUT2D eigenvalue weighted by atomic mass is 10.0. The molecule has 0 rings (SSSR count). The monoisotopic (exact) mass is 143 g/mol. The van der Waals surface area contributed by atoms with Crippen LogP contribution in [0.2, 0.25) is 0 Å².